The molecule has 0 bridgehead atoms. The van der Waals surface area contributed by atoms with E-state index < -0.39 is 30.7 Å². The van der Waals surface area contributed by atoms with Crippen molar-refractivity contribution < 1.29 is 31.9 Å². The third-order valence-corrected chi connectivity index (χ3v) is 6.77. The maximum atomic E-state index is 13.8. The first-order chi connectivity index (χ1) is 22.5. The standard InChI is InChI=1S/C29H21ClF4N10O3/c1-15-9-16(12-35)10-19(27(45)37-13-17-5-2-3-7-22(17)47-29(33)34)23(15)38-28(46)21-11-18(14-43-41-25(24(31)32)39-42-43)40-44(21)26-20(30)6-4-8-36-26/h2-11,24,29H,13-14H2,1H3,(H,37,45)(H,38,46). The number of aromatic nitrogens is 7. The number of rotatable bonds is 11. The van der Waals surface area contributed by atoms with E-state index in [9.17, 15) is 32.4 Å². The van der Waals surface area contributed by atoms with E-state index in [1.807, 2.05) is 6.07 Å². The minimum atomic E-state index is -3.08. The number of ether oxygens (including phenoxy) is 1. The van der Waals surface area contributed by atoms with Gasteiger partial charge in [-0.1, -0.05) is 29.8 Å². The average molecular weight is 669 g/mol. The van der Waals surface area contributed by atoms with Crippen LogP contribution >= 0.6 is 11.6 Å². The van der Waals surface area contributed by atoms with Gasteiger partial charge >= 0.3 is 13.0 Å². The lowest BCUT2D eigenvalue weighted by atomic mass is 10.0. The van der Waals surface area contributed by atoms with Crippen LogP contribution < -0.4 is 15.4 Å². The Morgan fingerprint density at radius 3 is 2.55 bits per heavy atom. The summed E-state index contributed by atoms with van der Waals surface area (Å²) in [7, 11) is 0. The van der Waals surface area contributed by atoms with E-state index in [-0.39, 0.29) is 63.4 Å². The molecular weight excluding hydrogens is 648 g/mol. The fraction of sp³-hybridized carbons (Fsp3) is 0.172. The van der Waals surface area contributed by atoms with Crippen molar-refractivity contribution in [3.8, 4) is 17.6 Å². The lowest BCUT2D eigenvalue weighted by molar-refractivity contribution is -0.0504. The molecule has 47 heavy (non-hydrogen) atoms. The Kier molecular flexibility index (Phi) is 9.71. The second-order valence-electron chi connectivity index (χ2n) is 9.67. The fourth-order valence-electron chi connectivity index (χ4n) is 4.42. The number of tetrazole rings is 1. The molecule has 2 N–H and O–H groups in total. The normalized spacial score (nSPS) is 11.0. The highest BCUT2D eigenvalue weighted by molar-refractivity contribution is 6.32. The molecule has 18 heteroatoms. The number of anilines is 1. The Morgan fingerprint density at radius 1 is 1.06 bits per heavy atom. The molecule has 3 aromatic heterocycles. The van der Waals surface area contributed by atoms with Crippen LogP contribution in [0.3, 0.4) is 0 Å². The average Bonchev–Trinajstić information content (AvgIpc) is 3.69. The van der Waals surface area contributed by atoms with Crippen LogP contribution in [0.15, 0.2) is 60.8 Å². The maximum absolute atomic E-state index is 13.8. The molecular formula is C29H21ClF4N10O3. The molecule has 3 heterocycles. The summed E-state index contributed by atoms with van der Waals surface area (Å²) < 4.78 is 57.3. The number of para-hydroxylation sites is 1. The highest BCUT2D eigenvalue weighted by Crippen LogP contribution is 2.27. The number of nitrogens with one attached hydrogen (secondary N) is 2. The van der Waals surface area contributed by atoms with Gasteiger partial charge in [0.2, 0.25) is 5.82 Å². The first-order valence-corrected chi connectivity index (χ1v) is 13.8. The number of nitrogens with zero attached hydrogens (tertiary/aromatic N) is 8. The van der Waals surface area contributed by atoms with Gasteiger partial charge in [-0.15, -0.1) is 10.2 Å². The zero-order chi connectivity index (χ0) is 33.7. The number of alkyl halides is 4. The molecule has 2 amide bonds. The summed E-state index contributed by atoms with van der Waals surface area (Å²) in [5, 5.41) is 29.8. The van der Waals surface area contributed by atoms with Gasteiger partial charge in [0.05, 0.1) is 33.6 Å². The summed E-state index contributed by atoms with van der Waals surface area (Å²) in [5.74, 6) is -2.39. The molecule has 0 radical (unpaired) electrons. The van der Waals surface area contributed by atoms with Gasteiger partial charge in [0.1, 0.15) is 18.0 Å². The number of carbonyl (C=O) groups excluding carboxylic acids is 2. The maximum Gasteiger partial charge on any atom is 0.387 e. The molecule has 0 unspecified atom stereocenters. The van der Waals surface area contributed by atoms with Gasteiger partial charge in [-0.2, -0.15) is 23.9 Å². The van der Waals surface area contributed by atoms with E-state index in [1.165, 1.54) is 48.7 Å². The van der Waals surface area contributed by atoms with Crippen molar-refractivity contribution in [1.82, 2.24) is 40.3 Å². The summed E-state index contributed by atoms with van der Waals surface area (Å²) in [6.07, 6.45) is -1.53. The molecule has 0 aliphatic heterocycles. The monoisotopic (exact) mass is 668 g/mol. The minimum absolute atomic E-state index is 0.0320. The minimum Gasteiger partial charge on any atom is -0.434 e. The molecule has 0 aliphatic carbocycles. The number of amides is 2. The lowest BCUT2D eigenvalue weighted by Crippen LogP contribution is -2.26. The molecule has 0 saturated heterocycles. The molecule has 2 aromatic carbocycles. The van der Waals surface area contributed by atoms with E-state index >= 15 is 0 Å². The Labute approximate surface area is 267 Å². The zero-order valence-electron chi connectivity index (χ0n) is 24.0. The predicted octanol–water partition coefficient (Wildman–Crippen LogP) is 4.86. The van der Waals surface area contributed by atoms with Crippen LogP contribution in [0.1, 0.15) is 55.5 Å². The molecule has 0 fully saturated rings. The molecule has 240 valence electrons. The van der Waals surface area contributed by atoms with Crippen molar-refractivity contribution in [3.63, 3.8) is 0 Å². The number of carbonyl (C=O) groups is 2. The van der Waals surface area contributed by atoms with Crippen molar-refractivity contribution in [2.45, 2.75) is 33.1 Å². The van der Waals surface area contributed by atoms with Crippen LogP contribution in [0.2, 0.25) is 5.02 Å². The van der Waals surface area contributed by atoms with Crippen LogP contribution in [0.4, 0.5) is 23.2 Å². The lowest BCUT2D eigenvalue weighted by Gasteiger charge is -2.16. The van der Waals surface area contributed by atoms with Crippen molar-refractivity contribution in [2.75, 3.05) is 5.32 Å². The van der Waals surface area contributed by atoms with E-state index in [2.05, 4.69) is 40.9 Å². The molecule has 0 saturated carbocycles. The van der Waals surface area contributed by atoms with Crippen molar-refractivity contribution in [2.24, 2.45) is 0 Å². The predicted molar refractivity (Wildman–Crippen MR) is 156 cm³/mol. The highest BCUT2D eigenvalue weighted by Gasteiger charge is 2.24. The first kappa shape index (κ1) is 32.5. The summed E-state index contributed by atoms with van der Waals surface area (Å²) in [5.41, 5.74) is 0.671. The summed E-state index contributed by atoms with van der Waals surface area (Å²) in [6.45, 7) is -1.99. The smallest absolute Gasteiger partial charge is 0.387 e. The topological polar surface area (TPSA) is 166 Å². The van der Waals surface area contributed by atoms with Crippen molar-refractivity contribution in [1.29, 1.82) is 5.26 Å². The van der Waals surface area contributed by atoms with E-state index in [1.54, 1.807) is 19.1 Å². The van der Waals surface area contributed by atoms with Gasteiger partial charge in [0.25, 0.3) is 11.8 Å². The summed E-state index contributed by atoms with van der Waals surface area (Å²) >= 11 is 6.34. The van der Waals surface area contributed by atoms with Gasteiger partial charge in [-0.3, -0.25) is 9.59 Å². The van der Waals surface area contributed by atoms with Crippen LogP contribution in [0.25, 0.3) is 5.82 Å². The molecule has 5 rings (SSSR count). The third-order valence-electron chi connectivity index (χ3n) is 6.48. The molecule has 0 atom stereocenters. The second-order valence-corrected chi connectivity index (χ2v) is 10.1. The van der Waals surface area contributed by atoms with Crippen LogP contribution in [-0.4, -0.2) is 53.4 Å². The highest BCUT2D eigenvalue weighted by atomic mass is 35.5. The zero-order valence-corrected chi connectivity index (χ0v) is 24.8. The largest absolute Gasteiger partial charge is 0.434 e. The van der Waals surface area contributed by atoms with Gasteiger partial charge in [-0.25, -0.2) is 18.4 Å². The van der Waals surface area contributed by atoms with E-state index in [4.69, 9.17) is 11.6 Å². The van der Waals surface area contributed by atoms with Gasteiger partial charge in [0.15, 0.2) is 5.82 Å². The van der Waals surface area contributed by atoms with Crippen molar-refractivity contribution in [3.05, 3.63) is 105 Å². The quantitative estimate of drug-likeness (QED) is 0.187. The van der Waals surface area contributed by atoms with Gasteiger partial charge < -0.3 is 15.4 Å². The molecule has 5 aromatic rings. The first-order valence-electron chi connectivity index (χ1n) is 13.5. The summed E-state index contributed by atoms with van der Waals surface area (Å²) in [4.78, 5) is 32.3. The fourth-order valence-corrected chi connectivity index (χ4v) is 4.63. The van der Waals surface area contributed by atoms with E-state index in [0.717, 1.165) is 9.48 Å². The third kappa shape index (κ3) is 7.50. The van der Waals surface area contributed by atoms with E-state index in [0.29, 0.717) is 5.56 Å². The summed E-state index contributed by atoms with van der Waals surface area (Å²) in [6, 6.07) is 14.9. The van der Waals surface area contributed by atoms with Crippen molar-refractivity contribution >= 4 is 29.1 Å². The Morgan fingerprint density at radius 2 is 1.85 bits per heavy atom. The Bertz CT molecular complexity index is 1990. The van der Waals surface area contributed by atoms with Gasteiger partial charge in [0, 0.05) is 18.3 Å². The molecule has 0 spiro atoms. The number of hydrogen-bond acceptors (Lipinski definition) is 9. The number of aryl methyl sites for hydroxylation is 1. The Hall–Kier alpha value is -5.89. The Balaban J connectivity index is 1.47. The SMILES string of the molecule is Cc1cc(C#N)cc(C(=O)NCc2ccccc2OC(F)F)c1NC(=O)c1cc(Cn2nnc(C(F)F)n2)nn1-c1ncccc1Cl. The molecule has 13 nitrogen and oxygen atoms in total. The van der Waals surface area contributed by atoms with Crippen LogP contribution in [-0.2, 0) is 13.1 Å². The number of hydrogen-bond donors (Lipinski definition) is 2. The number of nitriles is 1. The van der Waals surface area contributed by atoms with Crippen LogP contribution in [0.5, 0.6) is 5.75 Å². The number of pyridine rings is 1. The number of halogens is 5. The van der Waals surface area contributed by atoms with Gasteiger partial charge in [-0.05, 0) is 54.1 Å². The number of benzene rings is 2. The van der Waals surface area contributed by atoms with Crippen LogP contribution in [0, 0.1) is 18.3 Å². The molecule has 0 aliphatic rings. The second kappa shape index (κ2) is 14.0.